The number of nitrogens with one attached hydrogen (secondary N) is 1. The van der Waals surface area contributed by atoms with Crippen LogP contribution in [0.2, 0.25) is 0 Å². The fraction of sp³-hybridized carbons (Fsp3) is 0.857. The van der Waals surface area contributed by atoms with Gasteiger partial charge in [0.05, 0.1) is 0 Å². The molecular weight excluding hydrogens is 262 g/mol. The third-order valence-electron chi connectivity index (χ3n) is 3.09. The van der Waals surface area contributed by atoms with Crippen molar-refractivity contribution < 1.29 is 23.8 Å². The normalized spacial score (nSPS) is 25.4. The van der Waals surface area contributed by atoms with E-state index in [-0.39, 0.29) is 30.4 Å². The van der Waals surface area contributed by atoms with Crippen molar-refractivity contribution in [1.29, 1.82) is 0 Å². The molecule has 0 spiro atoms. The Morgan fingerprint density at radius 3 is 2.65 bits per heavy atom. The molecule has 0 radical (unpaired) electrons. The average Bonchev–Trinajstić information content (AvgIpc) is 2.73. The van der Waals surface area contributed by atoms with Gasteiger partial charge in [-0.05, 0) is 6.42 Å². The van der Waals surface area contributed by atoms with Gasteiger partial charge in [-0.3, -0.25) is 9.59 Å². The monoisotopic (exact) mass is 287 g/mol. The van der Waals surface area contributed by atoms with Gasteiger partial charge in [-0.1, -0.05) is 19.8 Å². The Labute approximate surface area is 120 Å². The molecule has 1 rings (SSSR count). The molecule has 0 aromatic rings. The summed E-state index contributed by atoms with van der Waals surface area (Å²) in [5.74, 6) is -0.486. The highest BCUT2D eigenvalue weighted by atomic mass is 16.7. The van der Waals surface area contributed by atoms with Crippen LogP contribution in [0.5, 0.6) is 0 Å². The molecule has 0 aromatic carbocycles. The summed E-state index contributed by atoms with van der Waals surface area (Å²) in [7, 11) is 0. The summed E-state index contributed by atoms with van der Waals surface area (Å²) in [6.07, 6.45) is 2.68. The van der Waals surface area contributed by atoms with Gasteiger partial charge in [0.2, 0.25) is 5.91 Å². The minimum absolute atomic E-state index is 0.137. The zero-order valence-electron chi connectivity index (χ0n) is 12.5. The van der Waals surface area contributed by atoms with Crippen molar-refractivity contribution in [3.05, 3.63) is 0 Å². The highest BCUT2D eigenvalue weighted by Crippen LogP contribution is 2.24. The standard InChI is InChI=1S/C14H25NO5/c1-4-5-6-7-18-14-8-12(19-11(3)17)13(20-14)9-15-10(2)16/h12-14H,4-9H2,1-3H3,(H,15,16)/t12?,13-,14?/m0/s1. The van der Waals surface area contributed by atoms with E-state index in [0.717, 1.165) is 19.3 Å². The van der Waals surface area contributed by atoms with Gasteiger partial charge in [-0.2, -0.15) is 0 Å². The highest BCUT2D eigenvalue weighted by molar-refractivity contribution is 5.72. The number of esters is 1. The molecule has 1 amide bonds. The fourth-order valence-corrected chi connectivity index (χ4v) is 2.11. The Bertz CT molecular complexity index is 321. The summed E-state index contributed by atoms with van der Waals surface area (Å²) in [6, 6.07) is 0. The lowest BCUT2D eigenvalue weighted by molar-refractivity contribution is -0.152. The van der Waals surface area contributed by atoms with Crippen LogP contribution in [0, 0.1) is 0 Å². The van der Waals surface area contributed by atoms with Crippen molar-refractivity contribution in [3.63, 3.8) is 0 Å². The van der Waals surface area contributed by atoms with Crippen LogP contribution in [-0.4, -0.2) is 43.5 Å². The average molecular weight is 287 g/mol. The Morgan fingerprint density at radius 1 is 1.30 bits per heavy atom. The molecule has 116 valence electrons. The zero-order chi connectivity index (χ0) is 15.0. The second kappa shape index (κ2) is 8.92. The first-order valence-electron chi connectivity index (χ1n) is 7.21. The maximum atomic E-state index is 11.1. The maximum absolute atomic E-state index is 11.1. The van der Waals surface area contributed by atoms with Crippen LogP contribution in [0.1, 0.15) is 46.5 Å². The van der Waals surface area contributed by atoms with Crippen LogP contribution in [0.25, 0.3) is 0 Å². The van der Waals surface area contributed by atoms with E-state index in [9.17, 15) is 9.59 Å². The minimum Gasteiger partial charge on any atom is -0.460 e. The van der Waals surface area contributed by atoms with Crippen molar-refractivity contribution in [2.45, 2.75) is 65.0 Å². The van der Waals surface area contributed by atoms with Gasteiger partial charge >= 0.3 is 5.97 Å². The summed E-state index contributed by atoms with van der Waals surface area (Å²) >= 11 is 0. The molecule has 1 aliphatic heterocycles. The van der Waals surface area contributed by atoms with Gasteiger partial charge in [0.15, 0.2) is 6.29 Å². The van der Waals surface area contributed by atoms with Gasteiger partial charge < -0.3 is 19.5 Å². The lowest BCUT2D eigenvalue weighted by Crippen LogP contribution is -2.37. The first-order chi connectivity index (χ1) is 9.52. The molecule has 0 aliphatic carbocycles. The number of carbonyl (C=O) groups excluding carboxylic acids is 2. The second-order valence-electron chi connectivity index (χ2n) is 5.00. The summed E-state index contributed by atoms with van der Waals surface area (Å²) in [6.45, 7) is 5.89. The SMILES string of the molecule is CCCCCOC1CC(OC(C)=O)[C@H](CNC(C)=O)O1. The largest absolute Gasteiger partial charge is 0.460 e. The molecule has 6 nitrogen and oxygen atoms in total. The van der Waals surface area contributed by atoms with Crippen molar-refractivity contribution >= 4 is 11.9 Å². The molecule has 20 heavy (non-hydrogen) atoms. The Kier molecular flexibility index (Phi) is 7.54. The van der Waals surface area contributed by atoms with E-state index in [1.54, 1.807) is 0 Å². The third kappa shape index (κ3) is 6.34. The van der Waals surface area contributed by atoms with Crippen molar-refractivity contribution in [2.24, 2.45) is 0 Å². The molecule has 1 saturated heterocycles. The number of hydrogen-bond acceptors (Lipinski definition) is 5. The molecule has 0 aromatic heterocycles. The summed E-state index contributed by atoms with van der Waals surface area (Å²) in [5, 5.41) is 2.68. The quantitative estimate of drug-likeness (QED) is 0.539. The third-order valence-corrected chi connectivity index (χ3v) is 3.09. The number of rotatable bonds is 8. The van der Waals surface area contributed by atoms with Crippen LogP contribution in [0.4, 0.5) is 0 Å². The van der Waals surface area contributed by atoms with Crippen LogP contribution >= 0.6 is 0 Å². The van der Waals surface area contributed by atoms with Gasteiger partial charge in [-0.25, -0.2) is 0 Å². The van der Waals surface area contributed by atoms with Gasteiger partial charge in [0.1, 0.15) is 12.2 Å². The van der Waals surface area contributed by atoms with E-state index in [4.69, 9.17) is 14.2 Å². The number of hydrogen-bond donors (Lipinski definition) is 1. The van der Waals surface area contributed by atoms with Crippen molar-refractivity contribution in [2.75, 3.05) is 13.2 Å². The lowest BCUT2D eigenvalue weighted by atomic mass is 10.2. The smallest absolute Gasteiger partial charge is 0.302 e. The van der Waals surface area contributed by atoms with E-state index in [0.29, 0.717) is 19.6 Å². The van der Waals surface area contributed by atoms with Crippen molar-refractivity contribution in [1.82, 2.24) is 5.32 Å². The topological polar surface area (TPSA) is 73.9 Å². The van der Waals surface area contributed by atoms with Crippen LogP contribution < -0.4 is 5.32 Å². The van der Waals surface area contributed by atoms with E-state index < -0.39 is 0 Å². The highest BCUT2D eigenvalue weighted by Gasteiger charge is 2.38. The van der Waals surface area contributed by atoms with E-state index in [1.165, 1.54) is 13.8 Å². The summed E-state index contributed by atoms with van der Waals surface area (Å²) in [5.41, 5.74) is 0. The predicted molar refractivity (Wildman–Crippen MR) is 73.0 cm³/mol. The maximum Gasteiger partial charge on any atom is 0.302 e. The number of unbranched alkanes of at least 4 members (excludes halogenated alkanes) is 2. The Hall–Kier alpha value is -1.14. The van der Waals surface area contributed by atoms with Crippen molar-refractivity contribution in [3.8, 4) is 0 Å². The molecule has 6 heteroatoms. The zero-order valence-corrected chi connectivity index (χ0v) is 12.5. The molecule has 0 saturated carbocycles. The lowest BCUT2D eigenvalue weighted by Gasteiger charge is -2.18. The molecule has 1 heterocycles. The fourth-order valence-electron chi connectivity index (χ4n) is 2.11. The number of ether oxygens (including phenoxy) is 3. The Morgan fingerprint density at radius 2 is 2.05 bits per heavy atom. The van der Waals surface area contributed by atoms with Crippen LogP contribution in [-0.2, 0) is 23.8 Å². The van der Waals surface area contributed by atoms with Gasteiger partial charge in [-0.15, -0.1) is 0 Å². The molecule has 1 fully saturated rings. The number of amides is 1. The molecule has 0 bridgehead atoms. The molecule has 3 atom stereocenters. The molecule has 2 unspecified atom stereocenters. The van der Waals surface area contributed by atoms with E-state index in [1.807, 2.05) is 0 Å². The Balaban J connectivity index is 2.40. The van der Waals surface area contributed by atoms with Gasteiger partial charge in [0.25, 0.3) is 0 Å². The van der Waals surface area contributed by atoms with E-state index in [2.05, 4.69) is 12.2 Å². The predicted octanol–water partition coefficient (Wildman–Crippen LogP) is 1.38. The first kappa shape index (κ1) is 16.9. The summed E-state index contributed by atoms with van der Waals surface area (Å²) in [4.78, 5) is 22.0. The minimum atomic E-state index is -0.366. The van der Waals surface area contributed by atoms with Gasteiger partial charge in [0, 0.05) is 33.4 Å². The molecular formula is C14H25NO5. The first-order valence-corrected chi connectivity index (χ1v) is 7.21. The molecule has 1 aliphatic rings. The summed E-state index contributed by atoms with van der Waals surface area (Å²) < 4.78 is 16.5. The van der Waals surface area contributed by atoms with Crippen LogP contribution in [0.15, 0.2) is 0 Å². The van der Waals surface area contributed by atoms with Crippen LogP contribution in [0.3, 0.4) is 0 Å². The second-order valence-corrected chi connectivity index (χ2v) is 5.00. The molecule has 1 N–H and O–H groups in total. The van der Waals surface area contributed by atoms with E-state index >= 15 is 0 Å². The number of carbonyl (C=O) groups is 2.